The summed E-state index contributed by atoms with van der Waals surface area (Å²) in [6.45, 7) is 3.89. The van der Waals surface area contributed by atoms with Crippen LogP contribution in [-0.2, 0) is 23.1 Å². The average Bonchev–Trinajstić information content (AvgIpc) is 3.53. The molecule has 46 heavy (non-hydrogen) atoms. The SMILES string of the molecule is Cc1nnc(C2(C[C@@H](C)NCC(=O)N3[C@H](C#N)C[C@@H]4C[C@@H]43)c3ccc(C(=O)N(C)C)cc3CCc3cc(C(=O)N(C)C)ccc32)o1. The lowest BCUT2D eigenvalue weighted by molar-refractivity contribution is -0.131. The van der Waals surface area contributed by atoms with Crippen LogP contribution < -0.4 is 5.32 Å². The smallest absolute Gasteiger partial charge is 0.253 e. The zero-order valence-electron chi connectivity index (χ0n) is 27.3. The Balaban J connectivity index is 1.44. The van der Waals surface area contributed by atoms with E-state index in [0.29, 0.717) is 48.1 Å². The van der Waals surface area contributed by atoms with E-state index in [1.54, 1.807) is 49.8 Å². The quantitative estimate of drug-likeness (QED) is 0.405. The van der Waals surface area contributed by atoms with E-state index in [2.05, 4.69) is 21.6 Å². The zero-order valence-corrected chi connectivity index (χ0v) is 27.3. The molecule has 0 spiro atoms. The van der Waals surface area contributed by atoms with Crippen LogP contribution >= 0.6 is 0 Å². The van der Waals surface area contributed by atoms with E-state index < -0.39 is 5.41 Å². The van der Waals surface area contributed by atoms with E-state index in [9.17, 15) is 19.6 Å². The molecule has 11 heteroatoms. The number of hydrogen-bond acceptors (Lipinski definition) is 8. The molecule has 0 radical (unpaired) electrons. The summed E-state index contributed by atoms with van der Waals surface area (Å²) in [4.78, 5) is 44.3. The third-order valence-electron chi connectivity index (χ3n) is 9.75. The first-order valence-corrected chi connectivity index (χ1v) is 15.9. The molecule has 3 amide bonds. The highest BCUT2D eigenvalue weighted by molar-refractivity contribution is 5.95. The Hall–Kier alpha value is -4.56. The van der Waals surface area contributed by atoms with E-state index in [1.807, 2.05) is 43.3 Å². The fourth-order valence-corrected chi connectivity index (χ4v) is 7.45. The second kappa shape index (κ2) is 12.0. The summed E-state index contributed by atoms with van der Waals surface area (Å²) in [6.07, 6.45) is 3.46. The van der Waals surface area contributed by atoms with Gasteiger partial charge in [0.2, 0.25) is 17.7 Å². The molecular weight excluding hydrogens is 582 g/mol. The van der Waals surface area contributed by atoms with E-state index >= 15 is 0 Å². The minimum atomic E-state index is -0.943. The standard InChI is InChI=1S/C35H41N7O4/c1-20(37-19-31(43)42-27(18-36)15-26-16-30(26)42)17-35(34-39-38-21(2)46-34)28-11-9-24(32(44)40(3)4)13-22(28)7-8-23-14-25(10-12-29(23)35)33(45)41(5)6/h9-14,20,26-27,30,37H,7-8,15-17,19H2,1-6H3/t20-,26-,27+,30+/m1/s1. The van der Waals surface area contributed by atoms with E-state index in [-0.39, 0.29) is 42.4 Å². The number of aryl methyl sites for hydroxylation is 3. The third-order valence-corrected chi connectivity index (χ3v) is 9.75. The number of nitrogens with one attached hydrogen (secondary N) is 1. The van der Waals surface area contributed by atoms with Crippen molar-refractivity contribution in [1.29, 1.82) is 5.26 Å². The van der Waals surface area contributed by atoms with Gasteiger partial charge in [-0.3, -0.25) is 14.4 Å². The molecule has 1 saturated carbocycles. The van der Waals surface area contributed by atoms with Gasteiger partial charge in [0.1, 0.15) is 11.5 Å². The highest BCUT2D eigenvalue weighted by Gasteiger charge is 2.54. The number of piperidine rings is 1. The van der Waals surface area contributed by atoms with Crippen molar-refractivity contribution in [2.75, 3.05) is 34.7 Å². The molecule has 11 nitrogen and oxygen atoms in total. The van der Waals surface area contributed by atoms with Gasteiger partial charge in [0.05, 0.1) is 12.6 Å². The predicted octanol–water partition coefficient (Wildman–Crippen LogP) is 3.10. The Bertz CT molecular complexity index is 1670. The molecule has 4 atom stereocenters. The summed E-state index contributed by atoms with van der Waals surface area (Å²) in [6, 6.07) is 13.5. The minimum absolute atomic E-state index is 0.0635. The Morgan fingerprint density at radius 3 is 2.09 bits per heavy atom. The van der Waals surface area contributed by atoms with Gasteiger partial charge in [0.15, 0.2) is 0 Å². The minimum Gasteiger partial charge on any atom is -0.424 e. The second-order valence-electron chi connectivity index (χ2n) is 13.4. The maximum absolute atomic E-state index is 13.4. The molecule has 3 aliphatic rings. The van der Waals surface area contributed by atoms with Crippen molar-refractivity contribution in [2.45, 2.75) is 69.5 Å². The van der Waals surface area contributed by atoms with Crippen LogP contribution in [0.3, 0.4) is 0 Å². The lowest BCUT2D eigenvalue weighted by Gasteiger charge is -2.36. The van der Waals surface area contributed by atoms with Gasteiger partial charge in [-0.05, 0) is 91.5 Å². The molecule has 1 aromatic heterocycles. The molecule has 240 valence electrons. The van der Waals surface area contributed by atoms with Gasteiger partial charge in [-0.1, -0.05) is 12.1 Å². The summed E-state index contributed by atoms with van der Waals surface area (Å²) in [5, 5.41) is 21.9. The number of nitriles is 1. The molecule has 3 aromatic rings. The number of aromatic nitrogens is 2. The molecule has 2 heterocycles. The zero-order chi connectivity index (χ0) is 32.9. The summed E-state index contributed by atoms with van der Waals surface area (Å²) in [5.74, 6) is 1.04. The molecule has 0 unspecified atom stereocenters. The Kier molecular flexibility index (Phi) is 8.19. The van der Waals surface area contributed by atoms with Crippen LogP contribution in [0.15, 0.2) is 40.8 Å². The van der Waals surface area contributed by atoms with Crippen molar-refractivity contribution in [3.63, 3.8) is 0 Å². The number of rotatable bonds is 8. The van der Waals surface area contributed by atoms with Gasteiger partial charge in [0.25, 0.3) is 11.8 Å². The number of likely N-dealkylation sites (tertiary alicyclic amines) is 1. The molecular formula is C35H41N7O4. The third kappa shape index (κ3) is 5.45. The summed E-state index contributed by atoms with van der Waals surface area (Å²) in [7, 11) is 6.94. The number of amides is 3. The first kappa shape index (κ1) is 31.4. The lowest BCUT2D eigenvalue weighted by Crippen LogP contribution is -2.46. The maximum atomic E-state index is 13.4. The number of fused-ring (bicyclic) bond motifs is 3. The summed E-state index contributed by atoms with van der Waals surface area (Å²) < 4.78 is 6.27. The normalized spacial score (nSPS) is 21.2. The van der Waals surface area contributed by atoms with Crippen LogP contribution in [0.5, 0.6) is 0 Å². The van der Waals surface area contributed by atoms with E-state index in [1.165, 1.54) is 0 Å². The van der Waals surface area contributed by atoms with E-state index in [0.717, 1.165) is 35.1 Å². The lowest BCUT2D eigenvalue weighted by atomic mass is 9.68. The molecule has 2 aromatic carbocycles. The van der Waals surface area contributed by atoms with Gasteiger partial charge in [-0.25, -0.2) is 0 Å². The van der Waals surface area contributed by atoms with Crippen LogP contribution in [0.1, 0.15) is 80.9 Å². The average molecular weight is 624 g/mol. The predicted molar refractivity (Wildman–Crippen MR) is 170 cm³/mol. The van der Waals surface area contributed by atoms with Crippen LogP contribution in [0, 0.1) is 24.2 Å². The van der Waals surface area contributed by atoms with Gasteiger partial charge in [-0.15, -0.1) is 10.2 Å². The number of hydrogen-bond donors (Lipinski definition) is 1. The highest BCUT2D eigenvalue weighted by Crippen LogP contribution is 2.49. The van der Waals surface area contributed by atoms with Crippen molar-refractivity contribution in [3.05, 3.63) is 81.6 Å². The highest BCUT2D eigenvalue weighted by atomic mass is 16.4. The van der Waals surface area contributed by atoms with Crippen LogP contribution in [0.25, 0.3) is 0 Å². The molecule has 6 rings (SSSR count). The van der Waals surface area contributed by atoms with Crippen LogP contribution in [0.2, 0.25) is 0 Å². The number of nitrogens with zero attached hydrogens (tertiary/aromatic N) is 6. The fraction of sp³-hybridized carbons (Fsp3) is 0.486. The van der Waals surface area contributed by atoms with Gasteiger partial charge < -0.3 is 24.4 Å². The monoisotopic (exact) mass is 623 g/mol. The van der Waals surface area contributed by atoms with Crippen molar-refractivity contribution in [1.82, 2.24) is 30.2 Å². The number of carbonyl (C=O) groups excluding carboxylic acids is 3. The number of benzene rings is 2. The van der Waals surface area contributed by atoms with E-state index in [4.69, 9.17) is 4.42 Å². The molecule has 2 aliphatic carbocycles. The first-order valence-electron chi connectivity index (χ1n) is 15.9. The molecule has 1 N–H and O–H groups in total. The Morgan fingerprint density at radius 2 is 1.59 bits per heavy atom. The van der Waals surface area contributed by atoms with Gasteiger partial charge >= 0.3 is 0 Å². The number of carbonyl (C=O) groups is 3. The summed E-state index contributed by atoms with van der Waals surface area (Å²) >= 11 is 0. The molecule has 0 bridgehead atoms. The Labute approximate surface area is 269 Å². The van der Waals surface area contributed by atoms with Crippen LogP contribution in [-0.4, -0.2) is 95.5 Å². The molecule has 1 aliphatic heterocycles. The maximum Gasteiger partial charge on any atom is 0.253 e. The molecule has 2 fully saturated rings. The summed E-state index contributed by atoms with van der Waals surface area (Å²) in [5.41, 5.74) is 4.09. The first-order chi connectivity index (χ1) is 21.9. The Morgan fingerprint density at radius 1 is 1.00 bits per heavy atom. The van der Waals surface area contributed by atoms with Crippen molar-refractivity contribution >= 4 is 17.7 Å². The van der Waals surface area contributed by atoms with Crippen molar-refractivity contribution < 1.29 is 18.8 Å². The van der Waals surface area contributed by atoms with Crippen LogP contribution in [0.4, 0.5) is 0 Å². The van der Waals surface area contributed by atoms with Crippen molar-refractivity contribution in [2.24, 2.45) is 5.92 Å². The van der Waals surface area contributed by atoms with Gasteiger partial charge in [-0.2, -0.15) is 5.26 Å². The fourth-order valence-electron chi connectivity index (χ4n) is 7.45. The topological polar surface area (TPSA) is 136 Å². The largest absolute Gasteiger partial charge is 0.424 e. The van der Waals surface area contributed by atoms with Crippen molar-refractivity contribution in [3.8, 4) is 6.07 Å². The van der Waals surface area contributed by atoms with Gasteiger partial charge in [0, 0.05) is 58.3 Å². The second-order valence-corrected chi connectivity index (χ2v) is 13.4. The molecule has 1 saturated heterocycles.